The lowest BCUT2D eigenvalue weighted by Gasteiger charge is -2.18. The van der Waals surface area contributed by atoms with Gasteiger partial charge >= 0.3 is 0 Å². The van der Waals surface area contributed by atoms with Crippen LogP contribution in [-0.4, -0.2) is 19.3 Å². The van der Waals surface area contributed by atoms with Crippen molar-refractivity contribution in [2.75, 3.05) is 13.2 Å². The van der Waals surface area contributed by atoms with Crippen molar-refractivity contribution in [2.24, 2.45) is 0 Å². The summed E-state index contributed by atoms with van der Waals surface area (Å²) in [5.41, 5.74) is 0. The van der Waals surface area contributed by atoms with Crippen LogP contribution in [0.1, 0.15) is 28.6 Å². The van der Waals surface area contributed by atoms with Crippen LogP contribution in [0.5, 0.6) is 0 Å². The Hall–Kier alpha value is -0.680. The van der Waals surface area contributed by atoms with Crippen LogP contribution in [-0.2, 0) is 4.74 Å². The van der Waals surface area contributed by atoms with Crippen LogP contribution in [0.2, 0.25) is 0 Å². The highest BCUT2D eigenvalue weighted by atomic mass is 32.1. The van der Waals surface area contributed by atoms with E-state index in [0.717, 1.165) is 13.2 Å². The van der Waals surface area contributed by atoms with Crippen LogP contribution in [0, 0.1) is 0 Å². The highest BCUT2D eigenvalue weighted by Crippen LogP contribution is 2.29. The molecule has 0 bridgehead atoms. The SMILES string of the molecule is c1csc(C(NCC2CCCO2)c2cccs2)c1. The molecule has 0 spiro atoms. The summed E-state index contributed by atoms with van der Waals surface area (Å²) in [5, 5.41) is 7.95. The van der Waals surface area contributed by atoms with Gasteiger partial charge in [0.05, 0.1) is 12.1 Å². The zero-order chi connectivity index (χ0) is 12.2. The Kier molecular flexibility index (Phi) is 4.10. The van der Waals surface area contributed by atoms with Gasteiger partial charge in [-0.2, -0.15) is 0 Å². The van der Waals surface area contributed by atoms with Crippen molar-refractivity contribution < 1.29 is 4.74 Å². The fourth-order valence-electron chi connectivity index (χ4n) is 2.31. The lowest BCUT2D eigenvalue weighted by Crippen LogP contribution is -2.29. The van der Waals surface area contributed by atoms with Crippen molar-refractivity contribution in [1.29, 1.82) is 0 Å². The lowest BCUT2D eigenvalue weighted by molar-refractivity contribution is 0.108. The smallest absolute Gasteiger partial charge is 0.0765 e. The fourth-order valence-corrected chi connectivity index (χ4v) is 4.02. The second kappa shape index (κ2) is 5.97. The number of hydrogen-bond acceptors (Lipinski definition) is 4. The molecule has 0 aromatic carbocycles. The number of ether oxygens (including phenoxy) is 1. The van der Waals surface area contributed by atoms with Crippen molar-refractivity contribution in [2.45, 2.75) is 25.0 Å². The van der Waals surface area contributed by atoms with Gasteiger partial charge in [-0.15, -0.1) is 22.7 Å². The standard InChI is InChI=1S/C14H17NOS2/c1-4-11(16-7-1)10-15-14(12-5-2-8-17-12)13-6-3-9-18-13/h2-3,5-6,8-9,11,14-15H,1,4,7,10H2. The molecular formula is C14H17NOS2. The molecule has 0 aliphatic carbocycles. The molecule has 2 nitrogen and oxygen atoms in total. The minimum atomic E-state index is 0.328. The predicted octanol–water partition coefficient (Wildman–Crippen LogP) is 3.67. The van der Waals surface area contributed by atoms with E-state index in [1.807, 2.05) is 22.7 Å². The molecule has 1 fully saturated rings. The van der Waals surface area contributed by atoms with E-state index in [1.54, 1.807) is 0 Å². The minimum Gasteiger partial charge on any atom is -0.377 e. The Bertz CT molecular complexity index is 412. The second-order valence-corrected chi connectivity index (χ2v) is 6.47. The van der Waals surface area contributed by atoms with Crippen molar-refractivity contribution >= 4 is 22.7 Å². The molecule has 1 aliphatic rings. The Labute approximate surface area is 116 Å². The van der Waals surface area contributed by atoms with E-state index < -0.39 is 0 Å². The van der Waals surface area contributed by atoms with E-state index in [-0.39, 0.29) is 0 Å². The summed E-state index contributed by atoms with van der Waals surface area (Å²) < 4.78 is 5.68. The third kappa shape index (κ3) is 2.83. The zero-order valence-corrected chi connectivity index (χ0v) is 11.8. The van der Waals surface area contributed by atoms with E-state index in [1.165, 1.54) is 22.6 Å². The third-order valence-electron chi connectivity index (χ3n) is 3.23. The van der Waals surface area contributed by atoms with Gasteiger partial charge < -0.3 is 10.1 Å². The summed E-state index contributed by atoms with van der Waals surface area (Å²) in [5.74, 6) is 0. The Morgan fingerprint density at radius 3 is 2.44 bits per heavy atom. The van der Waals surface area contributed by atoms with Gasteiger partial charge in [0.2, 0.25) is 0 Å². The first-order chi connectivity index (χ1) is 8.93. The molecule has 0 saturated carbocycles. The average molecular weight is 279 g/mol. The molecule has 2 aromatic rings. The number of rotatable bonds is 5. The molecule has 1 saturated heterocycles. The van der Waals surface area contributed by atoms with Crippen molar-refractivity contribution in [3.63, 3.8) is 0 Å². The molecule has 0 radical (unpaired) electrons. The highest BCUT2D eigenvalue weighted by molar-refractivity contribution is 7.11. The summed E-state index contributed by atoms with van der Waals surface area (Å²) in [6.07, 6.45) is 2.79. The monoisotopic (exact) mass is 279 g/mol. The molecular weight excluding hydrogens is 262 g/mol. The highest BCUT2D eigenvalue weighted by Gasteiger charge is 2.20. The number of thiophene rings is 2. The van der Waals surface area contributed by atoms with Crippen LogP contribution >= 0.6 is 22.7 Å². The predicted molar refractivity (Wildman–Crippen MR) is 77.5 cm³/mol. The molecule has 18 heavy (non-hydrogen) atoms. The van der Waals surface area contributed by atoms with Gasteiger partial charge in [0, 0.05) is 22.9 Å². The summed E-state index contributed by atoms with van der Waals surface area (Å²) in [7, 11) is 0. The molecule has 1 atom stereocenters. The van der Waals surface area contributed by atoms with Gasteiger partial charge in [0.1, 0.15) is 0 Å². The maximum absolute atomic E-state index is 5.68. The molecule has 1 aliphatic heterocycles. The average Bonchev–Trinajstić information content (AvgIpc) is 3.14. The molecule has 1 N–H and O–H groups in total. The maximum Gasteiger partial charge on any atom is 0.0765 e. The molecule has 1 unspecified atom stereocenters. The topological polar surface area (TPSA) is 21.3 Å². The Morgan fingerprint density at radius 2 is 1.94 bits per heavy atom. The molecule has 96 valence electrons. The van der Waals surface area contributed by atoms with Gasteiger partial charge in [-0.1, -0.05) is 12.1 Å². The van der Waals surface area contributed by atoms with Crippen LogP contribution in [0.25, 0.3) is 0 Å². The van der Waals surface area contributed by atoms with Gasteiger partial charge in [-0.25, -0.2) is 0 Å². The minimum absolute atomic E-state index is 0.328. The first-order valence-electron chi connectivity index (χ1n) is 6.35. The normalized spacial score (nSPS) is 19.7. The summed E-state index contributed by atoms with van der Waals surface area (Å²) in [6.45, 7) is 1.87. The molecule has 0 amide bonds. The van der Waals surface area contributed by atoms with E-state index in [9.17, 15) is 0 Å². The van der Waals surface area contributed by atoms with Gasteiger partial charge in [0.15, 0.2) is 0 Å². The van der Waals surface area contributed by atoms with Crippen LogP contribution in [0.15, 0.2) is 35.0 Å². The van der Waals surface area contributed by atoms with Crippen molar-refractivity contribution in [3.05, 3.63) is 44.8 Å². The van der Waals surface area contributed by atoms with E-state index in [2.05, 4.69) is 40.3 Å². The molecule has 4 heteroatoms. The molecule has 2 aromatic heterocycles. The van der Waals surface area contributed by atoms with Gasteiger partial charge in [0.25, 0.3) is 0 Å². The van der Waals surface area contributed by atoms with Crippen LogP contribution in [0.4, 0.5) is 0 Å². The fraction of sp³-hybridized carbons (Fsp3) is 0.429. The molecule has 3 rings (SSSR count). The van der Waals surface area contributed by atoms with Crippen LogP contribution in [0.3, 0.4) is 0 Å². The van der Waals surface area contributed by atoms with Gasteiger partial charge in [-0.3, -0.25) is 0 Å². The van der Waals surface area contributed by atoms with E-state index in [0.29, 0.717) is 12.1 Å². The Balaban J connectivity index is 1.70. The summed E-state index contributed by atoms with van der Waals surface area (Å²) in [6, 6.07) is 8.98. The first-order valence-corrected chi connectivity index (χ1v) is 8.11. The number of hydrogen-bond donors (Lipinski definition) is 1. The zero-order valence-electron chi connectivity index (χ0n) is 10.2. The van der Waals surface area contributed by atoms with E-state index >= 15 is 0 Å². The summed E-state index contributed by atoms with van der Waals surface area (Å²) in [4.78, 5) is 2.77. The maximum atomic E-state index is 5.68. The quantitative estimate of drug-likeness (QED) is 0.901. The lowest BCUT2D eigenvalue weighted by atomic mass is 10.1. The second-order valence-electron chi connectivity index (χ2n) is 4.51. The third-order valence-corrected chi connectivity index (χ3v) is 5.10. The first kappa shape index (κ1) is 12.4. The number of nitrogens with one attached hydrogen (secondary N) is 1. The van der Waals surface area contributed by atoms with Crippen LogP contribution < -0.4 is 5.32 Å². The Morgan fingerprint density at radius 1 is 1.22 bits per heavy atom. The summed E-state index contributed by atoms with van der Waals surface area (Å²) >= 11 is 3.63. The molecule has 3 heterocycles. The van der Waals surface area contributed by atoms with Crippen molar-refractivity contribution in [1.82, 2.24) is 5.32 Å². The van der Waals surface area contributed by atoms with E-state index in [4.69, 9.17) is 4.74 Å². The van der Waals surface area contributed by atoms with Crippen molar-refractivity contribution in [3.8, 4) is 0 Å². The largest absolute Gasteiger partial charge is 0.377 e. The van der Waals surface area contributed by atoms with Gasteiger partial charge in [-0.05, 0) is 35.7 Å².